The van der Waals surface area contributed by atoms with Gasteiger partial charge in [-0.3, -0.25) is 33.7 Å². The van der Waals surface area contributed by atoms with Crippen LogP contribution in [0.4, 0.5) is 0 Å². The van der Waals surface area contributed by atoms with E-state index in [2.05, 4.69) is 5.16 Å². The molecule has 1 aromatic carbocycles. The van der Waals surface area contributed by atoms with Gasteiger partial charge >= 0.3 is 23.9 Å². The SMILES string of the molecule is CC(=O)OC[C@H]1O[C@@H](ON=C2C[C@@H](O)[C@@H](O)[C@@H]3[C@H]4C(=O)N(Cc5ccccc5)C(=O)[C@@H]4CC[C@@H]23)[C@H](OC(C)=O)[C@@H](OC(C)=O)[C@H]1OC(C)=O. The van der Waals surface area contributed by atoms with E-state index in [9.17, 15) is 39.0 Å². The number of rotatable bonds is 9. The molecule has 2 heterocycles. The van der Waals surface area contributed by atoms with Crippen molar-refractivity contribution in [2.24, 2.45) is 28.8 Å². The lowest BCUT2D eigenvalue weighted by Gasteiger charge is -2.46. The number of hydrogen-bond acceptors (Lipinski definition) is 15. The first-order valence-corrected chi connectivity index (χ1v) is 16.0. The number of benzene rings is 1. The quantitative estimate of drug-likeness (QED) is 0.156. The molecule has 1 aromatic rings. The van der Waals surface area contributed by atoms with Crippen LogP contribution in [0.2, 0.25) is 0 Å². The number of fused-ring (bicyclic) bond motifs is 3. The number of aliphatic hydroxyl groups excluding tert-OH is 2. The molecule has 2 saturated heterocycles. The summed E-state index contributed by atoms with van der Waals surface area (Å²) in [5, 5.41) is 26.4. The summed E-state index contributed by atoms with van der Waals surface area (Å²) in [6.07, 6.45) is -9.47. The summed E-state index contributed by atoms with van der Waals surface area (Å²) in [6.45, 7) is 4.02. The fraction of sp³-hybridized carbons (Fsp3) is 0.606. The molecule has 0 aromatic heterocycles. The van der Waals surface area contributed by atoms with Gasteiger partial charge in [-0.2, -0.15) is 0 Å². The van der Waals surface area contributed by atoms with E-state index < -0.39 is 103 Å². The minimum atomic E-state index is -1.61. The number of esters is 4. The molecule has 266 valence electrons. The second-order valence-corrected chi connectivity index (χ2v) is 12.7. The summed E-state index contributed by atoms with van der Waals surface area (Å²) in [7, 11) is 0. The van der Waals surface area contributed by atoms with E-state index in [-0.39, 0.29) is 24.6 Å². The van der Waals surface area contributed by atoms with Crippen molar-refractivity contribution < 1.29 is 67.5 Å². The van der Waals surface area contributed by atoms with Crippen molar-refractivity contribution in [1.82, 2.24) is 4.90 Å². The molecule has 4 fully saturated rings. The number of hydrogen-bond donors (Lipinski definition) is 2. The zero-order valence-corrected chi connectivity index (χ0v) is 27.5. The Hall–Kier alpha value is -4.41. The molecule has 2 aliphatic heterocycles. The average molecular weight is 689 g/mol. The number of nitrogens with zero attached hydrogens (tertiary/aromatic N) is 2. The maximum Gasteiger partial charge on any atom is 0.303 e. The van der Waals surface area contributed by atoms with Crippen LogP contribution in [0.25, 0.3) is 0 Å². The molecule has 11 atom stereocenters. The minimum Gasteiger partial charge on any atom is -0.463 e. The van der Waals surface area contributed by atoms with E-state index in [4.69, 9.17) is 28.5 Å². The molecule has 5 rings (SSSR count). The monoisotopic (exact) mass is 688 g/mol. The van der Waals surface area contributed by atoms with E-state index in [0.29, 0.717) is 12.8 Å². The zero-order valence-electron chi connectivity index (χ0n) is 27.5. The van der Waals surface area contributed by atoms with E-state index >= 15 is 0 Å². The van der Waals surface area contributed by atoms with Crippen LogP contribution < -0.4 is 0 Å². The highest BCUT2D eigenvalue weighted by Gasteiger charge is 2.60. The van der Waals surface area contributed by atoms with Crippen molar-refractivity contribution in [3.63, 3.8) is 0 Å². The molecule has 0 spiro atoms. The van der Waals surface area contributed by atoms with Crippen LogP contribution >= 0.6 is 0 Å². The van der Waals surface area contributed by atoms with E-state index in [1.165, 1.54) is 4.90 Å². The van der Waals surface area contributed by atoms with Crippen molar-refractivity contribution in [3.8, 4) is 0 Å². The maximum atomic E-state index is 13.8. The van der Waals surface area contributed by atoms with E-state index in [1.807, 2.05) is 6.07 Å². The number of amides is 2. The van der Waals surface area contributed by atoms with Crippen molar-refractivity contribution in [2.75, 3.05) is 6.61 Å². The fourth-order valence-electron chi connectivity index (χ4n) is 7.35. The molecule has 2 aliphatic carbocycles. The summed E-state index contributed by atoms with van der Waals surface area (Å²) < 4.78 is 27.3. The highest BCUT2D eigenvalue weighted by Crippen LogP contribution is 2.50. The first-order chi connectivity index (χ1) is 23.3. The Balaban J connectivity index is 1.43. The van der Waals surface area contributed by atoms with Gasteiger partial charge in [-0.1, -0.05) is 35.5 Å². The van der Waals surface area contributed by atoms with Gasteiger partial charge in [0.25, 0.3) is 6.29 Å². The van der Waals surface area contributed by atoms with Crippen LogP contribution in [0.3, 0.4) is 0 Å². The Morgan fingerprint density at radius 2 is 1.45 bits per heavy atom. The molecule has 2 N–H and O–H groups in total. The standard InChI is InChI=1S/C33H40N2O14/c1-15(36)44-14-24-28(45-16(2)37)29(46-17(3)38)30(47-18(4)39)33(48-24)49-34-22-12-23(40)27(41)25-20(22)10-11-21-26(25)32(43)35(31(21)42)13-19-8-6-5-7-9-19/h5-9,20-21,23-30,33,40-41H,10-14H2,1-4H3/t20-,21+,23+,24+,25-,26-,27+,28-,29-,30+,33-/m0/s1. The molecule has 49 heavy (non-hydrogen) atoms. The first kappa shape index (κ1) is 35.9. The van der Waals surface area contributed by atoms with Crippen LogP contribution in [0.5, 0.6) is 0 Å². The smallest absolute Gasteiger partial charge is 0.303 e. The number of oxime groups is 1. The molecule has 16 nitrogen and oxygen atoms in total. The van der Waals surface area contributed by atoms with Crippen LogP contribution in [-0.2, 0) is 63.8 Å². The largest absolute Gasteiger partial charge is 0.463 e. The van der Waals surface area contributed by atoms with Gasteiger partial charge in [-0.05, 0) is 18.4 Å². The van der Waals surface area contributed by atoms with Crippen molar-refractivity contribution in [1.29, 1.82) is 0 Å². The van der Waals surface area contributed by atoms with Crippen LogP contribution in [0.15, 0.2) is 35.5 Å². The Bertz CT molecular complexity index is 1480. The predicted octanol–water partition coefficient (Wildman–Crippen LogP) is 0.395. The predicted molar refractivity (Wildman–Crippen MR) is 162 cm³/mol. The van der Waals surface area contributed by atoms with Gasteiger partial charge in [0.1, 0.15) is 12.7 Å². The summed E-state index contributed by atoms with van der Waals surface area (Å²) >= 11 is 0. The number of carbonyl (C=O) groups excluding carboxylic acids is 6. The lowest BCUT2D eigenvalue weighted by molar-refractivity contribution is -0.308. The van der Waals surface area contributed by atoms with Crippen molar-refractivity contribution in [3.05, 3.63) is 35.9 Å². The second kappa shape index (κ2) is 15.0. The summed E-state index contributed by atoms with van der Waals surface area (Å²) in [5.41, 5.74) is 1.03. The lowest BCUT2D eigenvalue weighted by Crippen LogP contribution is -2.62. The molecule has 0 unspecified atom stereocenters. The van der Waals surface area contributed by atoms with Crippen LogP contribution in [0, 0.1) is 23.7 Å². The molecular weight excluding hydrogens is 648 g/mol. The van der Waals surface area contributed by atoms with Crippen molar-refractivity contribution in [2.45, 2.75) is 96.4 Å². The molecule has 2 amide bonds. The average Bonchev–Trinajstić information content (AvgIpc) is 3.27. The van der Waals surface area contributed by atoms with Gasteiger partial charge in [0, 0.05) is 46.0 Å². The summed E-state index contributed by atoms with van der Waals surface area (Å²) in [4.78, 5) is 82.2. The van der Waals surface area contributed by atoms with Gasteiger partial charge < -0.3 is 38.7 Å². The highest BCUT2D eigenvalue weighted by molar-refractivity contribution is 6.06. The first-order valence-electron chi connectivity index (χ1n) is 16.0. The zero-order chi connectivity index (χ0) is 35.6. The Morgan fingerprint density at radius 1 is 0.837 bits per heavy atom. The molecule has 4 aliphatic rings. The third kappa shape index (κ3) is 7.76. The van der Waals surface area contributed by atoms with Crippen molar-refractivity contribution >= 4 is 41.4 Å². The van der Waals surface area contributed by atoms with Gasteiger partial charge in [0.15, 0.2) is 12.2 Å². The number of ether oxygens (including phenoxy) is 5. The highest BCUT2D eigenvalue weighted by atomic mass is 16.8. The number of aliphatic hydroxyl groups is 2. The topological polar surface area (TPSA) is 214 Å². The fourth-order valence-corrected chi connectivity index (χ4v) is 7.35. The van der Waals surface area contributed by atoms with Gasteiger partial charge in [-0.25, -0.2) is 0 Å². The number of likely N-dealkylation sites (tertiary alicyclic amines) is 1. The second-order valence-electron chi connectivity index (χ2n) is 12.7. The molecular formula is C33H40N2O14. The van der Waals surface area contributed by atoms with E-state index in [0.717, 1.165) is 33.3 Å². The molecule has 2 saturated carbocycles. The Kier molecular flexibility index (Phi) is 11.0. The third-order valence-corrected chi connectivity index (χ3v) is 9.28. The lowest BCUT2D eigenvalue weighted by atomic mass is 9.60. The van der Waals surface area contributed by atoms with Crippen LogP contribution in [0.1, 0.15) is 52.5 Å². The number of imide groups is 1. The minimum absolute atomic E-state index is 0.0779. The summed E-state index contributed by atoms with van der Waals surface area (Å²) in [5.74, 6) is -6.94. The molecule has 0 radical (unpaired) electrons. The third-order valence-electron chi connectivity index (χ3n) is 9.28. The van der Waals surface area contributed by atoms with Gasteiger partial charge in [0.2, 0.25) is 17.9 Å². The van der Waals surface area contributed by atoms with Gasteiger partial charge in [0.05, 0.1) is 36.3 Å². The number of carbonyl (C=O) groups is 6. The van der Waals surface area contributed by atoms with E-state index in [1.54, 1.807) is 24.3 Å². The maximum absolute atomic E-state index is 13.8. The van der Waals surface area contributed by atoms with Gasteiger partial charge in [-0.15, -0.1) is 0 Å². The normalized spacial score (nSPS) is 34.8. The Labute approximate surface area is 281 Å². The Morgan fingerprint density at radius 3 is 2.08 bits per heavy atom. The van der Waals surface area contributed by atoms with Crippen LogP contribution in [-0.4, -0.2) is 106 Å². The summed E-state index contributed by atoms with van der Waals surface area (Å²) in [6, 6.07) is 9.05. The molecule has 16 heteroatoms. The molecule has 0 bridgehead atoms.